The third-order valence-corrected chi connectivity index (χ3v) is 4.31. The summed E-state index contributed by atoms with van der Waals surface area (Å²) in [7, 11) is 0. The summed E-state index contributed by atoms with van der Waals surface area (Å²) < 4.78 is 0. The fraction of sp³-hybridized carbons (Fsp3) is 0.125. The Morgan fingerprint density at radius 3 is 2.03 bits per heavy atom. The van der Waals surface area contributed by atoms with Gasteiger partial charge in [-0.15, -0.1) is 0 Å². The van der Waals surface area contributed by atoms with Gasteiger partial charge in [-0.3, -0.25) is 9.78 Å². The van der Waals surface area contributed by atoms with Crippen LogP contribution in [0, 0.1) is 11.3 Å². The molecule has 0 spiro atoms. The van der Waals surface area contributed by atoms with E-state index in [0.717, 1.165) is 16.7 Å². The average Bonchev–Trinajstić information content (AvgIpc) is 2.78. The minimum absolute atomic E-state index is 0.0701. The molecule has 3 rings (SSSR count). The number of nitrogens with zero attached hydrogens (tertiary/aromatic N) is 3. The van der Waals surface area contributed by atoms with Crippen molar-refractivity contribution in [1.82, 2.24) is 15.2 Å². The second kappa shape index (κ2) is 10.4. The van der Waals surface area contributed by atoms with Crippen LogP contribution in [0.1, 0.15) is 16.7 Å². The lowest BCUT2D eigenvalue weighted by atomic mass is 10.1. The zero-order valence-electron chi connectivity index (χ0n) is 16.0. The summed E-state index contributed by atoms with van der Waals surface area (Å²) in [5, 5.41) is 12.3. The smallest absolute Gasteiger partial charge is 0.263 e. The molecule has 0 saturated carbocycles. The van der Waals surface area contributed by atoms with Crippen molar-refractivity contribution >= 4 is 5.91 Å². The standard InChI is InChI=1S/C24H22N4O/c25-14-23(24(29)27-16-22-12-7-13-26-15-22)19-28(17-20-8-3-1-4-9-20)18-21-10-5-2-6-11-21/h1-13,15,19H,16-18H2,(H,27,29)/b23-19-. The molecule has 5 heteroatoms. The molecule has 2 aromatic carbocycles. The molecule has 0 bridgehead atoms. The lowest BCUT2D eigenvalue weighted by Crippen LogP contribution is -2.26. The molecule has 0 aliphatic rings. The first kappa shape index (κ1) is 19.8. The lowest BCUT2D eigenvalue weighted by Gasteiger charge is -2.21. The van der Waals surface area contributed by atoms with Gasteiger partial charge in [-0.1, -0.05) is 66.7 Å². The highest BCUT2D eigenvalue weighted by Crippen LogP contribution is 2.12. The predicted octanol–water partition coefficient (Wildman–Crippen LogP) is 3.81. The Labute approximate surface area is 170 Å². The topological polar surface area (TPSA) is 69.0 Å². The summed E-state index contributed by atoms with van der Waals surface area (Å²) in [6.07, 6.45) is 5.00. The van der Waals surface area contributed by atoms with Gasteiger partial charge in [0, 0.05) is 38.2 Å². The van der Waals surface area contributed by atoms with E-state index in [1.54, 1.807) is 18.6 Å². The first-order valence-corrected chi connectivity index (χ1v) is 9.35. The van der Waals surface area contributed by atoms with E-state index in [1.165, 1.54) is 0 Å². The van der Waals surface area contributed by atoms with Crippen LogP contribution in [0.2, 0.25) is 0 Å². The molecule has 0 fully saturated rings. The number of pyridine rings is 1. The molecule has 144 valence electrons. The van der Waals surface area contributed by atoms with E-state index < -0.39 is 5.91 Å². The third kappa shape index (κ3) is 6.33. The van der Waals surface area contributed by atoms with Gasteiger partial charge in [0.25, 0.3) is 5.91 Å². The maximum atomic E-state index is 12.5. The molecule has 29 heavy (non-hydrogen) atoms. The molecule has 0 aliphatic carbocycles. The number of benzene rings is 2. The van der Waals surface area contributed by atoms with Gasteiger partial charge >= 0.3 is 0 Å². The van der Waals surface area contributed by atoms with Crippen molar-refractivity contribution in [3.63, 3.8) is 0 Å². The summed E-state index contributed by atoms with van der Waals surface area (Å²) in [5.41, 5.74) is 3.16. The zero-order valence-corrected chi connectivity index (χ0v) is 16.0. The first-order valence-electron chi connectivity index (χ1n) is 9.35. The van der Waals surface area contributed by atoms with Gasteiger partial charge in [0.05, 0.1) is 0 Å². The highest BCUT2D eigenvalue weighted by Gasteiger charge is 2.12. The Bertz CT molecular complexity index is 938. The normalized spacial score (nSPS) is 10.8. The van der Waals surface area contributed by atoms with Crippen LogP contribution in [-0.4, -0.2) is 15.8 Å². The van der Waals surface area contributed by atoms with Crippen molar-refractivity contribution in [2.75, 3.05) is 0 Å². The lowest BCUT2D eigenvalue weighted by molar-refractivity contribution is -0.117. The number of nitriles is 1. The van der Waals surface area contributed by atoms with E-state index >= 15 is 0 Å². The average molecular weight is 382 g/mol. The number of aromatic nitrogens is 1. The van der Waals surface area contributed by atoms with Crippen LogP contribution in [0.25, 0.3) is 0 Å². The predicted molar refractivity (Wildman–Crippen MR) is 112 cm³/mol. The van der Waals surface area contributed by atoms with E-state index in [1.807, 2.05) is 83.8 Å². The SMILES string of the molecule is N#C/C(=C/N(Cc1ccccc1)Cc1ccccc1)C(=O)NCc1cccnc1. The number of hydrogen-bond donors (Lipinski definition) is 1. The highest BCUT2D eigenvalue weighted by molar-refractivity contribution is 5.97. The van der Waals surface area contributed by atoms with Crippen LogP contribution in [0.5, 0.6) is 0 Å². The fourth-order valence-electron chi connectivity index (χ4n) is 2.88. The van der Waals surface area contributed by atoms with Crippen molar-refractivity contribution in [3.05, 3.63) is 114 Å². The van der Waals surface area contributed by atoms with Gasteiger partial charge in [0.15, 0.2) is 0 Å². The van der Waals surface area contributed by atoms with Crippen LogP contribution in [0.15, 0.2) is 97.0 Å². The molecule has 0 radical (unpaired) electrons. The molecule has 1 amide bonds. The Balaban J connectivity index is 1.75. The molecule has 1 heterocycles. The molecule has 0 aliphatic heterocycles. The van der Waals surface area contributed by atoms with Crippen LogP contribution >= 0.6 is 0 Å². The van der Waals surface area contributed by atoms with E-state index in [2.05, 4.69) is 10.3 Å². The number of rotatable bonds is 8. The minimum atomic E-state index is -0.400. The van der Waals surface area contributed by atoms with Crippen molar-refractivity contribution in [2.24, 2.45) is 0 Å². The van der Waals surface area contributed by atoms with Crippen molar-refractivity contribution in [1.29, 1.82) is 5.26 Å². The fourth-order valence-corrected chi connectivity index (χ4v) is 2.88. The molecule has 0 unspecified atom stereocenters. The van der Waals surface area contributed by atoms with Gasteiger partial charge in [-0.25, -0.2) is 0 Å². The van der Waals surface area contributed by atoms with Crippen LogP contribution in [0.4, 0.5) is 0 Å². The number of hydrogen-bond acceptors (Lipinski definition) is 4. The van der Waals surface area contributed by atoms with Crippen LogP contribution < -0.4 is 5.32 Å². The van der Waals surface area contributed by atoms with E-state index in [-0.39, 0.29) is 5.57 Å². The third-order valence-electron chi connectivity index (χ3n) is 4.31. The second-order valence-corrected chi connectivity index (χ2v) is 6.57. The first-order chi connectivity index (χ1) is 14.2. The van der Waals surface area contributed by atoms with Crippen molar-refractivity contribution in [2.45, 2.75) is 19.6 Å². The Morgan fingerprint density at radius 1 is 0.931 bits per heavy atom. The summed E-state index contributed by atoms with van der Waals surface area (Å²) in [4.78, 5) is 18.5. The van der Waals surface area contributed by atoms with Gasteiger partial charge in [-0.05, 0) is 22.8 Å². The molecule has 0 saturated heterocycles. The number of nitrogens with one attached hydrogen (secondary N) is 1. The van der Waals surface area contributed by atoms with Gasteiger partial charge in [0.1, 0.15) is 11.6 Å². The van der Waals surface area contributed by atoms with Crippen molar-refractivity contribution in [3.8, 4) is 6.07 Å². The van der Waals surface area contributed by atoms with Gasteiger partial charge in [0.2, 0.25) is 0 Å². The van der Waals surface area contributed by atoms with Crippen LogP contribution in [-0.2, 0) is 24.4 Å². The molecule has 1 N–H and O–H groups in total. The number of carbonyl (C=O) groups excluding carboxylic acids is 1. The minimum Gasteiger partial charge on any atom is -0.367 e. The number of amides is 1. The van der Waals surface area contributed by atoms with Crippen molar-refractivity contribution < 1.29 is 4.79 Å². The quantitative estimate of drug-likeness (QED) is 0.475. The van der Waals surface area contributed by atoms with Crippen LogP contribution in [0.3, 0.4) is 0 Å². The zero-order chi connectivity index (χ0) is 20.3. The summed E-state index contributed by atoms with van der Waals surface area (Å²) in [6.45, 7) is 1.51. The largest absolute Gasteiger partial charge is 0.367 e. The summed E-state index contributed by atoms with van der Waals surface area (Å²) >= 11 is 0. The van der Waals surface area contributed by atoms with E-state index in [4.69, 9.17) is 0 Å². The monoisotopic (exact) mass is 382 g/mol. The molecule has 0 atom stereocenters. The summed E-state index contributed by atoms with van der Waals surface area (Å²) in [5.74, 6) is -0.400. The van der Waals surface area contributed by atoms with E-state index in [9.17, 15) is 10.1 Å². The Morgan fingerprint density at radius 2 is 1.52 bits per heavy atom. The maximum Gasteiger partial charge on any atom is 0.263 e. The molecule has 3 aromatic rings. The summed E-state index contributed by atoms with van der Waals surface area (Å²) in [6, 6.07) is 25.7. The van der Waals surface area contributed by atoms with Gasteiger partial charge in [-0.2, -0.15) is 5.26 Å². The molecular formula is C24H22N4O. The highest BCUT2D eigenvalue weighted by atomic mass is 16.1. The van der Waals surface area contributed by atoms with Gasteiger partial charge < -0.3 is 10.2 Å². The Hall–Kier alpha value is -3.91. The number of carbonyl (C=O) groups is 1. The Kier molecular flexibility index (Phi) is 7.14. The maximum absolute atomic E-state index is 12.5. The molecule has 1 aromatic heterocycles. The molecular weight excluding hydrogens is 360 g/mol. The molecule has 5 nitrogen and oxygen atoms in total. The van der Waals surface area contributed by atoms with E-state index in [0.29, 0.717) is 19.6 Å². The second-order valence-electron chi connectivity index (χ2n) is 6.57.